The number of carboxylic acid groups (broad SMARTS) is 1. The molecule has 108 valence electrons. The largest absolute Gasteiger partial charge is 0.481 e. The maximum atomic E-state index is 12.1. The van der Waals surface area contributed by atoms with Gasteiger partial charge in [-0.15, -0.1) is 0 Å². The predicted octanol–water partition coefficient (Wildman–Crippen LogP) is 0.846. The van der Waals surface area contributed by atoms with E-state index in [0.29, 0.717) is 13.1 Å². The second-order valence-electron chi connectivity index (χ2n) is 5.15. The Morgan fingerprint density at radius 2 is 2.00 bits per heavy atom. The van der Waals surface area contributed by atoms with Gasteiger partial charge in [0.1, 0.15) is 0 Å². The van der Waals surface area contributed by atoms with E-state index in [1.807, 2.05) is 35.2 Å². The first-order chi connectivity index (χ1) is 9.58. The van der Waals surface area contributed by atoms with E-state index in [4.69, 9.17) is 5.11 Å². The molecular formula is C15H20N2O3. The summed E-state index contributed by atoms with van der Waals surface area (Å²) >= 11 is 0. The molecule has 1 aliphatic rings. The van der Waals surface area contributed by atoms with Gasteiger partial charge >= 0.3 is 5.97 Å². The summed E-state index contributed by atoms with van der Waals surface area (Å²) in [5.41, 5.74) is 1.20. The number of carbonyl (C=O) groups excluding carboxylic acids is 1. The summed E-state index contributed by atoms with van der Waals surface area (Å²) in [7, 11) is 1.73. The Hall–Kier alpha value is -1.88. The van der Waals surface area contributed by atoms with Crippen molar-refractivity contribution in [2.75, 3.05) is 26.7 Å². The van der Waals surface area contributed by atoms with E-state index in [9.17, 15) is 9.59 Å². The fourth-order valence-electron chi connectivity index (χ4n) is 2.52. The highest BCUT2D eigenvalue weighted by Crippen LogP contribution is 2.14. The molecule has 1 aliphatic heterocycles. The smallest absolute Gasteiger partial charge is 0.305 e. The first-order valence-electron chi connectivity index (χ1n) is 6.82. The fraction of sp³-hybridized carbons (Fsp3) is 0.467. The van der Waals surface area contributed by atoms with Gasteiger partial charge in [-0.2, -0.15) is 0 Å². The minimum Gasteiger partial charge on any atom is -0.481 e. The normalized spacial score (nSPS) is 20.1. The van der Waals surface area contributed by atoms with Gasteiger partial charge in [-0.25, -0.2) is 0 Å². The lowest BCUT2D eigenvalue weighted by molar-refractivity contribution is -0.148. The molecule has 0 aromatic heterocycles. The Morgan fingerprint density at radius 1 is 1.30 bits per heavy atom. The van der Waals surface area contributed by atoms with Crippen LogP contribution in [0.3, 0.4) is 0 Å². The number of carbonyl (C=O) groups is 2. The average molecular weight is 276 g/mol. The van der Waals surface area contributed by atoms with E-state index in [1.165, 1.54) is 5.56 Å². The van der Waals surface area contributed by atoms with Gasteiger partial charge in [-0.1, -0.05) is 30.3 Å². The van der Waals surface area contributed by atoms with Gasteiger partial charge in [0.05, 0.1) is 12.5 Å². The molecule has 0 saturated carbocycles. The zero-order valence-corrected chi connectivity index (χ0v) is 11.7. The Bertz CT molecular complexity index is 475. The topological polar surface area (TPSA) is 60.9 Å². The van der Waals surface area contributed by atoms with Gasteiger partial charge in [0.2, 0.25) is 5.91 Å². The summed E-state index contributed by atoms with van der Waals surface area (Å²) in [6.07, 6.45) is 0.700. The highest BCUT2D eigenvalue weighted by atomic mass is 16.4. The van der Waals surface area contributed by atoms with Crippen molar-refractivity contribution in [3.8, 4) is 0 Å². The van der Waals surface area contributed by atoms with E-state index >= 15 is 0 Å². The molecule has 5 heteroatoms. The maximum Gasteiger partial charge on any atom is 0.305 e. The molecule has 1 saturated heterocycles. The summed E-state index contributed by atoms with van der Waals surface area (Å²) in [5.74, 6) is -1.02. The van der Waals surface area contributed by atoms with Gasteiger partial charge in [0, 0.05) is 26.7 Å². The number of aliphatic carboxylic acids is 1. The van der Waals surface area contributed by atoms with Crippen molar-refractivity contribution in [3.05, 3.63) is 35.9 Å². The van der Waals surface area contributed by atoms with Gasteiger partial charge in [-0.05, 0) is 12.0 Å². The molecule has 20 heavy (non-hydrogen) atoms. The van der Waals surface area contributed by atoms with Crippen molar-refractivity contribution < 1.29 is 14.7 Å². The van der Waals surface area contributed by atoms with Crippen molar-refractivity contribution in [2.24, 2.45) is 0 Å². The zero-order valence-electron chi connectivity index (χ0n) is 11.7. The number of amides is 1. The fourth-order valence-corrected chi connectivity index (χ4v) is 2.52. The van der Waals surface area contributed by atoms with E-state index in [1.54, 1.807) is 11.9 Å². The van der Waals surface area contributed by atoms with Crippen LogP contribution in [0.15, 0.2) is 30.3 Å². The molecule has 2 rings (SSSR count). The quantitative estimate of drug-likeness (QED) is 0.866. The second-order valence-corrected chi connectivity index (χ2v) is 5.15. The van der Waals surface area contributed by atoms with Crippen LogP contribution in [-0.4, -0.2) is 59.5 Å². The first kappa shape index (κ1) is 14.5. The van der Waals surface area contributed by atoms with Crippen molar-refractivity contribution in [2.45, 2.75) is 18.9 Å². The van der Waals surface area contributed by atoms with Crippen LogP contribution in [0.4, 0.5) is 0 Å². The average Bonchev–Trinajstić information content (AvgIpc) is 2.44. The lowest BCUT2D eigenvalue weighted by Crippen LogP contribution is -2.56. The highest BCUT2D eigenvalue weighted by molar-refractivity contribution is 5.86. The number of likely N-dealkylation sites (N-methyl/N-ethyl adjacent to an activating group) is 1. The molecule has 1 unspecified atom stereocenters. The van der Waals surface area contributed by atoms with Gasteiger partial charge in [0.15, 0.2) is 0 Å². The third-order valence-corrected chi connectivity index (χ3v) is 3.72. The summed E-state index contributed by atoms with van der Waals surface area (Å²) in [4.78, 5) is 26.7. The molecule has 1 atom stereocenters. The molecular weight excluding hydrogens is 256 g/mol. The Labute approximate surface area is 118 Å². The zero-order chi connectivity index (χ0) is 14.5. The summed E-state index contributed by atoms with van der Waals surface area (Å²) < 4.78 is 0. The standard InChI is InChI=1S/C15H20N2O3/c1-16-9-10-17(13(15(16)20)11-14(18)19)8-7-12-5-3-2-4-6-12/h2-6,13H,7-11H2,1H3,(H,18,19). The number of nitrogens with zero attached hydrogens (tertiary/aromatic N) is 2. The van der Waals surface area contributed by atoms with Crippen molar-refractivity contribution in [1.82, 2.24) is 9.80 Å². The number of piperazine rings is 1. The van der Waals surface area contributed by atoms with Crippen LogP contribution in [0, 0.1) is 0 Å². The highest BCUT2D eigenvalue weighted by Gasteiger charge is 2.34. The van der Waals surface area contributed by atoms with Crippen LogP contribution in [0.1, 0.15) is 12.0 Å². The van der Waals surface area contributed by atoms with Crippen LogP contribution in [0.2, 0.25) is 0 Å². The number of rotatable bonds is 5. The number of carboxylic acids is 1. The summed E-state index contributed by atoms with van der Waals surface area (Å²) in [6.45, 7) is 2.10. The molecule has 1 fully saturated rings. The third-order valence-electron chi connectivity index (χ3n) is 3.72. The van der Waals surface area contributed by atoms with E-state index in [0.717, 1.165) is 13.0 Å². The van der Waals surface area contributed by atoms with Crippen LogP contribution >= 0.6 is 0 Å². The second kappa shape index (κ2) is 6.52. The molecule has 1 aromatic rings. The number of benzene rings is 1. The molecule has 0 bridgehead atoms. The minimum atomic E-state index is -0.927. The van der Waals surface area contributed by atoms with Crippen LogP contribution in [-0.2, 0) is 16.0 Å². The van der Waals surface area contributed by atoms with Crippen LogP contribution in [0.25, 0.3) is 0 Å². The van der Waals surface area contributed by atoms with E-state index in [-0.39, 0.29) is 12.3 Å². The van der Waals surface area contributed by atoms with Crippen molar-refractivity contribution in [3.63, 3.8) is 0 Å². The lowest BCUT2D eigenvalue weighted by Gasteiger charge is -2.38. The SMILES string of the molecule is CN1CCN(CCc2ccccc2)C(CC(=O)O)C1=O. The lowest BCUT2D eigenvalue weighted by atomic mass is 10.1. The summed E-state index contributed by atoms with van der Waals surface area (Å²) in [5, 5.41) is 8.98. The Morgan fingerprint density at radius 3 is 2.65 bits per heavy atom. The molecule has 5 nitrogen and oxygen atoms in total. The van der Waals surface area contributed by atoms with Gasteiger partial charge < -0.3 is 10.0 Å². The molecule has 1 aromatic carbocycles. The van der Waals surface area contributed by atoms with E-state index < -0.39 is 12.0 Å². The first-order valence-corrected chi connectivity index (χ1v) is 6.82. The third kappa shape index (κ3) is 3.57. The van der Waals surface area contributed by atoms with Crippen molar-refractivity contribution >= 4 is 11.9 Å². The van der Waals surface area contributed by atoms with E-state index in [2.05, 4.69) is 0 Å². The predicted molar refractivity (Wildman–Crippen MR) is 75.4 cm³/mol. The molecule has 1 heterocycles. The molecule has 0 aliphatic carbocycles. The molecule has 0 spiro atoms. The minimum absolute atomic E-state index is 0.0910. The van der Waals surface area contributed by atoms with Gasteiger partial charge in [-0.3, -0.25) is 14.5 Å². The summed E-state index contributed by atoms with van der Waals surface area (Å²) in [6, 6.07) is 9.50. The number of hydrogen-bond donors (Lipinski definition) is 1. The Kier molecular flexibility index (Phi) is 4.74. The number of hydrogen-bond acceptors (Lipinski definition) is 3. The Balaban J connectivity index is 2.00. The molecule has 1 N–H and O–H groups in total. The maximum absolute atomic E-state index is 12.1. The monoisotopic (exact) mass is 276 g/mol. The molecule has 1 amide bonds. The van der Waals surface area contributed by atoms with Crippen LogP contribution < -0.4 is 0 Å². The van der Waals surface area contributed by atoms with Crippen molar-refractivity contribution in [1.29, 1.82) is 0 Å². The van der Waals surface area contributed by atoms with Crippen LogP contribution in [0.5, 0.6) is 0 Å². The molecule has 0 radical (unpaired) electrons. The van der Waals surface area contributed by atoms with Gasteiger partial charge in [0.25, 0.3) is 0 Å².